The summed E-state index contributed by atoms with van der Waals surface area (Å²) in [5, 5.41) is 0. The number of rotatable bonds is 6. The summed E-state index contributed by atoms with van der Waals surface area (Å²) >= 11 is 0. The van der Waals surface area contributed by atoms with E-state index in [0.717, 1.165) is 0 Å². The summed E-state index contributed by atoms with van der Waals surface area (Å²) in [6, 6.07) is 0. The molecule has 14 heavy (non-hydrogen) atoms. The molecule has 0 aromatic carbocycles. The molecule has 0 aromatic heterocycles. The number of carbonyl (C=O) groups is 2. The molecule has 0 heterocycles. The zero-order valence-corrected chi connectivity index (χ0v) is 9.13. The van der Waals surface area contributed by atoms with Gasteiger partial charge in [0.15, 0.2) is 0 Å². The van der Waals surface area contributed by atoms with E-state index in [1.165, 1.54) is 6.92 Å². The standard InChI is InChI=1S/C11H18O3/c1-5-7-8-11(4,9(3)12)10(13)14-6-2/h5H,1,6-8H2,2-4H3. The second kappa shape index (κ2) is 5.58. The van der Waals surface area contributed by atoms with Crippen molar-refractivity contribution in [1.29, 1.82) is 0 Å². The van der Waals surface area contributed by atoms with E-state index in [1.807, 2.05) is 0 Å². The van der Waals surface area contributed by atoms with Gasteiger partial charge in [-0.05, 0) is 33.6 Å². The Bertz CT molecular complexity index is 233. The van der Waals surface area contributed by atoms with Gasteiger partial charge in [-0.25, -0.2) is 0 Å². The molecular weight excluding hydrogens is 180 g/mol. The minimum atomic E-state index is -1.01. The maximum atomic E-state index is 11.5. The molecule has 0 fully saturated rings. The van der Waals surface area contributed by atoms with Crippen LogP contribution in [0.3, 0.4) is 0 Å². The van der Waals surface area contributed by atoms with E-state index in [1.54, 1.807) is 19.9 Å². The average Bonchev–Trinajstić information content (AvgIpc) is 2.14. The lowest BCUT2D eigenvalue weighted by atomic mass is 9.82. The molecule has 1 unspecified atom stereocenters. The van der Waals surface area contributed by atoms with Gasteiger partial charge in [-0.15, -0.1) is 6.58 Å². The van der Waals surface area contributed by atoms with Crippen LogP contribution in [0.2, 0.25) is 0 Å². The van der Waals surface area contributed by atoms with Crippen molar-refractivity contribution in [1.82, 2.24) is 0 Å². The van der Waals surface area contributed by atoms with Crippen LogP contribution >= 0.6 is 0 Å². The summed E-state index contributed by atoms with van der Waals surface area (Å²) in [6.07, 6.45) is 2.79. The van der Waals surface area contributed by atoms with Crippen molar-refractivity contribution in [3.63, 3.8) is 0 Å². The first kappa shape index (κ1) is 12.9. The highest BCUT2D eigenvalue weighted by Gasteiger charge is 2.38. The lowest BCUT2D eigenvalue weighted by Gasteiger charge is -2.23. The monoisotopic (exact) mass is 198 g/mol. The Balaban J connectivity index is 4.61. The third kappa shape index (κ3) is 2.98. The number of ether oxygens (including phenoxy) is 1. The molecule has 0 rings (SSSR count). The number of esters is 1. The van der Waals surface area contributed by atoms with Crippen LogP contribution in [-0.4, -0.2) is 18.4 Å². The van der Waals surface area contributed by atoms with Crippen LogP contribution in [0.1, 0.15) is 33.6 Å². The Morgan fingerprint density at radius 2 is 2.07 bits per heavy atom. The molecule has 1 atom stereocenters. The Morgan fingerprint density at radius 1 is 1.50 bits per heavy atom. The van der Waals surface area contributed by atoms with Gasteiger partial charge in [-0.1, -0.05) is 6.08 Å². The fraction of sp³-hybridized carbons (Fsp3) is 0.636. The second-order valence-corrected chi connectivity index (χ2v) is 3.44. The molecule has 0 aliphatic heterocycles. The van der Waals surface area contributed by atoms with Gasteiger partial charge < -0.3 is 4.74 Å². The molecule has 0 spiro atoms. The molecule has 0 amide bonds. The number of allylic oxidation sites excluding steroid dienone is 1. The zero-order valence-electron chi connectivity index (χ0n) is 9.13. The SMILES string of the molecule is C=CCCC(C)(C(C)=O)C(=O)OCC. The highest BCUT2D eigenvalue weighted by molar-refractivity contribution is 6.02. The van der Waals surface area contributed by atoms with E-state index in [-0.39, 0.29) is 5.78 Å². The number of ketones is 1. The van der Waals surface area contributed by atoms with E-state index in [4.69, 9.17) is 4.74 Å². The van der Waals surface area contributed by atoms with Crippen LogP contribution in [0, 0.1) is 5.41 Å². The van der Waals surface area contributed by atoms with E-state index in [0.29, 0.717) is 19.4 Å². The molecule has 0 aliphatic carbocycles. The molecule has 0 aromatic rings. The number of hydrogen-bond acceptors (Lipinski definition) is 3. The van der Waals surface area contributed by atoms with Gasteiger partial charge in [-0.2, -0.15) is 0 Å². The van der Waals surface area contributed by atoms with Crippen LogP contribution in [0.25, 0.3) is 0 Å². The van der Waals surface area contributed by atoms with Gasteiger partial charge in [0.05, 0.1) is 6.61 Å². The van der Waals surface area contributed by atoms with E-state index in [2.05, 4.69) is 6.58 Å². The summed E-state index contributed by atoms with van der Waals surface area (Å²) in [5.74, 6) is -0.591. The van der Waals surface area contributed by atoms with Gasteiger partial charge in [-0.3, -0.25) is 9.59 Å². The second-order valence-electron chi connectivity index (χ2n) is 3.44. The maximum absolute atomic E-state index is 11.5. The predicted molar refractivity (Wildman–Crippen MR) is 54.9 cm³/mol. The predicted octanol–water partition coefficient (Wildman–Crippen LogP) is 2.11. The van der Waals surface area contributed by atoms with Crippen molar-refractivity contribution in [2.75, 3.05) is 6.61 Å². The zero-order chi connectivity index (χ0) is 11.2. The molecule has 80 valence electrons. The van der Waals surface area contributed by atoms with Crippen molar-refractivity contribution in [2.24, 2.45) is 5.41 Å². The first-order valence-electron chi connectivity index (χ1n) is 4.78. The van der Waals surface area contributed by atoms with Crippen molar-refractivity contribution >= 4 is 11.8 Å². The molecule has 0 radical (unpaired) electrons. The molecule has 0 saturated carbocycles. The quantitative estimate of drug-likeness (QED) is 0.373. The fourth-order valence-electron chi connectivity index (χ4n) is 1.10. The van der Waals surface area contributed by atoms with Gasteiger partial charge >= 0.3 is 5.97 Å². The molecule has 3 nitrogen and oxygen atoms in total. The first-order valence-corrected chi connectivity index (χ1v) is 4.78. The lowest BCUT2D eigenvalue weighted by molar-refractivity contribution is -0.158. The molecule has 0 N–H and O–H groups in total. The maximum Gasteiger partial charge on any atom is 0.319 e. The Hall–Kier alpha value is -1.12. The van der Waals surface area contributed by atoms with Crippen LogP contribution in [0.15, 0.2) is 12.7 Å². The van der Waals surface area contributed by atoms with E-state index < -0.39 is 11.4 Å². The van der Waals surface area contributed by atoms with Crippen molar-refractivity contribution < 1.29 is 14.3 Å². The smallest absolute Gasteiger partial charge is 0.319 e. The molecule has 0 aliphatic rings. The lowest BCUT2D eigenvalue weighted by Crippen LogP contribution is -2.36. The summed E-state index contributed by atoms with van der Waals surface area (Å²) in [5.41, 5.74) is -1.01. The third-order valence-electron chi connectivity index (χ3n) is 2.35. The molecule has 0 bridgehead atoms. The Morgan fingerprint density at radius 3 is 2.43 bits per heavy atom. The van der Waals surface area contributed by atoms with Crippen molar-refractivity contribution in [3.05, 3.63) is 12.7 Å². The average molecular weight is 198 g/mol. The van der Waals surface area contributed by atoms with Gasteiger partial charge in [0.25, 0.3) is 0 Å². The van der Waals surface area contributed by atoms with Gasteiger partial charge in [0, 0.05) is 0 Å². The molecule has 0 saturated heterocycles. The summed E-state index contributed by atoms with van der Waals surface area (Å²) in [6.45, 7) is 8.63. The van der Waals surface area contributed by atoms with Crippen molar-refractivity contribution in [2.45, 2.75) is 33.6 Å². The topological polar surface area (TPSA) is 43.4 Å². The van der Waals surface area contributed by atoms with Crippen LogP contribution in [0.5, 0.6) is 0 Å². The van der Waals surface area contributed by atoms with E-state index in [9.17, 15) is 9.59 Å². The molecular formula is C11H18O3. The Kier molecular flexibility index (Phi) is 5.13. The first-order chi connectivity index (χ1) is 6.49. The fourth-order valence-corrected chi connectivity index (χ4v) is 1.10. The van der Waals surface area contributed by atoms with Crippen molar-refractivity contribution in [3.8, 4) is 0 Å². The normalized spacial score (nSPS) is 14.2. The number of hydrogen-bond donors (Lipinski definition) is 0. The number of Topliss-reactive ketones (excluding diaryl/α,β-unsaturated/α-hetero) is 1. The summed E-state index contributed by atoms with van der Waals surface area (Å²) in [7, 11) is 0. The van der Waals surface area contributed by atoms with E-state index >= 15 is 0 Å². The van der Waals surface area contributed by atoms with Crippen LogP contribution in [0.4, 0.5) is 0 Å². The minimum Gasteiger partial charge on any atom is -0.465 e. The van der Waals surface area contributed by atoms with Crippen LogP contribution < -0.4 is 0 Å². The summed E-state index contributed by atoms with van der Waals surface area (Å²) < 4.78 is 4.87. The van der Waals surface area contributed by atoms with Gasteiger partial charge in [0.1, 0.15) is 11.2 Å². The van der Waals surface area contributed by atoms with Crippen LogP contribution in [-0.2, 0) is 14.3 Å². The Labute approximate surface area is 85.1 Å². The minimum absolute atomic E-state index is 0.155. The van der Waals surface area contributed by atoms with Gasteiger partial charge in [0.2, 0.25) is 0 Å². The highest BCUT2D eigenvalue weighted by Crippen LogP contribution is 2.26. The number of carbonyl (C=O) groups excluding carboxylic acids is 2. The third-order valence-corrected chi connectivity index (χ3v) is 2.35. The summed E-state index contributed by atoms with van der Waals surface area (Å²) in [4.78, 5) is 22.9. The highest BCUT2D eigenvalue weighted by atomic mass is 16.5. The molecule has 3 heteroatoms. The largest absolute Gasteiger partial charge is 0.465 e.